The van der Waals surface area contributed by atoms with Crippen molar-refractivity contribution in [3.8, 4) is 0 Å². The zero-order chi connectivity index (χ0) is 18.9. The van der Waals surface area contributed by atoms with Gasteiger partial charge in [-0.2, -0.15) is 0 Å². The molecule has 0 aliphatic heterocycles. The van der Waals surface area contributed by atoms with E-state index in [-0.39, 0.29) is 41.7 Å². The van der Waals surface area contributed by atoms with Gasteiger partial charge in [-0.1, -0.05) is 29.3 Å². The first-order valence-electron chi connectivity index (χ1n) is 8.32. The lowest BCUT2D eigenvalue weighted by Crippen LogP contribution is -2.39. The van der Waals surface area contributed by atoms with E-state index in [0.29, 0.717) is 35.6 Å². The lowest BCUT2D eigenvalue weighted by molar-refractivity contribution is 0.0927. The topological polar surface area (TPSA) is 78.7 Å². The van der Waals surface area contributed by atoms with E-state index < -0.39 is 0 Å². The Morgan fingerprint density at radius 2 is 2.04 bits per heavy atom. The molecule has 2 aromatic rings. The van der Waals surface area contributed by atoms with Crippen LogP contribution in [0.3, 0.4) is 0 Å². The average Bonchev–Trinajstić information content (AvgIpc) is 3.13. The maximum Gasteiger partial charge on any atom is 0.287 e. The molecule has 1 atom stereocenters. The van der Waals surface area contributed by atoms with Gasteiger partial charge in [0.15, 0.2) is 11.7 Å². The summed E-state index contributed by atoms with van der Waals surface area (Å²) in [6, 6.07) is 8.62. The van der Waals surface area contributed by atoms with Crippen LogP contribution in [0.25, 0.3) is 0 Å². The molecule has 1 amide bonds. The molecule has 0 aliphatic rings. The van der Waals surface area contributed by atoms with E-state index >= 15 is 0 Å². The van der Waals surface area contributed by atoms with Crippen molar-refractivity contribution in [1.29, 1.82) is 0 Å². The molecule has 2 rings (SSSR count). The molecule has 0 fully saturated rings. The molecular weight excluding hydrogens is 502 g/mol. The lowest BCUT2D eigenvalue weighted by atomic mass is 10.1. The van der Waals surface area contributed by atoms with Gasteiger partial charge in [-0.15, -0.1) is 24.0 Å². The lowest BCUT2D eigenvalue weighted by Gasteiger charge is -2.19. The zero-order valence-corrected chi connectivity index (χ0v) is 18.9. The summed E-state index contributed by atoms with van der Waals surface area (Å²) in [4.78, 5) is 16.3. The summed E-state index contributed by atoms with van der Waals surface area (Å²) in [7, 11) is 0. The van der Waals surface area contributed by atoms with Crippen molar-refractivity contribution < 1.29 is 9.21 Å². The van der Waals surface area contributed by atoms with Crippen LogP contribution < -0.4 is 16.0 Å². The second kappa shape index (κ2) is 12.1. The van der Waals surface area contributed by atoms with Crippen molar-refractivity contribution in [2.75, 3.05) is 19.6 Å². The quantitative estimate of drug-likeness (QED) is 0.219. The Morgan fingerprint density at radius 3 is 2.67 bits per heavy atom. The largest absolute Gasteiger partial charge is 0.459 e. The van der Waals surface area contributed by atoms with Crippen LogP contribution in [0.5, 0.6) is 0 Å². The van der Waals surface area contributed by atoms with Gasteiger partial charge >= 0.3 is 0 Å². The van der Waals surface area contributed by atoms with Gasteiger partial charge in [0.25, 0.3) is 5.91 Å². The van der Waals surface area contributed by atoms with Gasteiger partial charge < -0.3 is 20.4 Å². The summed E-state index contributed by atoms with van der Waals surface area (Å²) in [6.45, 7) is 5.50. The summed E-state index contributed by atoms with van der Waals surface area (Å²) in [5.41, 5.74) is 0.924. The first-order chi connectivity index (χ1) is 12.5. The highest BCUT2D eigenvalue weighted by Gasteiger charge is 2.12. The predicted molar refractivity (Wildman–Crippen MR) is 120 cm³/mol. The van der Waals surface area contributed by atoms with E-state index in [1.165, 1.54) is 6.26 Å². The molecule has 1 aromatic carbocycles. The maximum atomic E-state index is 11.8. The molecule has 6 nitrogen and oxygen atoms in total. The van der Waals surface area contributed by atoms with Crippen LogP contribution in [0.15, 0.2) is 46.0 Å². The molecule has 0 saturated carbocycles. The van der Waals surface area contributed by atoms with Crippen LogP contribution in [0.1, 0.15) is 36.0 Å². The summed E-state index contributed by atoms with van der Waals surface area (Å²) in [5, 5.41) is 10.4. The highest BCUT2D eigenvalue weighted by molar-refractivity contribution is 14.0. The van der Waals surface area contributed by atoms with E-state index in [0.717, 1.165) is 5.56 Å². The molecule has 0 bridgehead atoms. The SMILES string of the molecule is CCNC(=NCCNC(=O)c1ccco1)NC(C)c1ccc(Cl)cc1Cl.I. The number of benzene rings is 1. The van der Waals surface area contributed by atoms with Crippen molar-refractivity contribution in [2.24, 2.45) is 4.99 Å². The van der Waals surface area contributed by atoms with Gasteiger partial charge in [-0.05, 0) is 43.7 Å². The molecule has 1 heterocycles. The number of nitrogens with one attached hydrogen (secondary N) is 3. The fraction of sp³-hybridized carbons (Fsp3) is 0.333. The van der Waals surface area contributed by atoms with Crippen molar-refractivity contribution in [3.63, 3.8) is 0 Å². The number of halogens is 3. The number of amides is 1. The standard InChI is InChI=1S/C18H22Cl2N4O2.HI/c1-3-21-18(23-9-8-22-17(25)16-5-4-10-26-16)24-12(2)14-7-6-13(19)11-15(14)20;/h4-7,10-12H,3,8-9H2,1-2H3,(H,22,25)(H2,21,23,24);1H. The van der Waals surface area contributed by atoms with E-state index in [9.17, 15) is 4.79 Å². The number of furan rings is 1. The fourth-order valence-electron chi connectivity index (χ4n) is 2.29. The third kappa shape index (κ3) is 7.59. The Hall–Kier alpha value is -1.45. The summed E-state index contributed by atoms with van der Waals surface area (Å²) in [5.74, 6) is 0.660. The summed E-state index contributed by atoms with van der Waals surface area (Å²) >= 11 is 12.2. The van der Waals surface area contributed by atoms with Crippen molar-refractivity contribution >= 4 is 59.0 Å². The minimum absolute atomic E-state index is 0. The Bertz CT molecular complexity index is 754. The number of hydrogen-bond acceptors (Lipinski definition) is 3. The molecule has 27 heavy (non-hydrogen) atoms. The Balaban J connectivity index is 0.00000364. The van der Waals surface area contributed by atoms with Gasteiger partial charge in [0.05, 0.1) is 18.8 Å². The number of carbonyl (C=O) groups excluding carboxylic acids is 1. The molecule has 3 N–H and O–H groups in total. The monoisotopic (exact) mass is 524 g/mol. The van der Waals surface area contributed by atoms with Gasteiger partial charge in [-0.25, -0.2) is 0 Å². The van der Waals surface area contributed by atoms with Gasteiger partial charge in [0, 0.05) is 23.1 Å². The van der Waals surface area contributed by atoms with E-state index in [4.69, 9.17) is 27.6 Å². The number of hydrogen-bond donors (Lipinski definition) is 3. The van der Waals surface area contributed by atoms with Crippen LogP contribution in [0.2, 0.25) is 10.0 Å². The Kier molecular flexibility index (Phi) is 10.6. The minimum Gasteiger partial charge on any atom is -0.459 e. The molecule has 0 radical (unpaired) electrons. The van der Waals surface area contributed by atoms with Crippen LogP contribution in [-0.4, -0.2) is 31.5 Å². The van der Waals surface area contributed by atoms with Crippen molar-refractivity contribution in [3.05, 3.63) is 58.0 Å². The highest BCUT2D eigenvalue weighted by atomic mass is 127. The number of guanidine groups is 1. The van der Waals surface area contributed by atoms with Crippen LogP contribution in [-0.2, 0) is 0 Å². The smallest absolute Gasteiger partial charge is 0.287 e. The highest BCUT2D eigenvalue weighted by Crippen LogP contribution is 2.25. The molecule has 1 unspecified atom stereocenters. The summed E-state index contributed by atoms with van der Waals surface area (Å²) in [6.07, 6.45) is 1.46. The third-order valence-corrected chi connectivity index (χ3v) is 4.10. The second-order valence-corrected chi connectivity index (χ2v) is 6.37. The first-order valence-corrected chi connectivity index (χ1v) is 9.08. The van der Waals surface area contributed by atoms with E-state index in [1.54, 1.807) is 24.3 Å². The third-order valence-electron chi connectivity index (χ3n) is 3.54. The maximum absolute atomic E-state index is 11.8. The van der Waals surface area contributed by atoms with Gasteiger partial charge in [-0.3, -0.25) is 9.79 Å². The van der Waals surface area contributed by atoms with Crippen molar-refractivity contribution in [2.45, 2.75) is 19.9 Å². The molecule has 0 saturated heterocycles. The normalized spacial score (nSPS) is 12.1. The molecular formula is C18H23Cl2IN4O2. The number of carbonyl (C=O) groups is 1. The number of aliphatic imine (C=N–C) groups is 1. The first kappa shape index (κ1) is 23.6. The summed E-state index contributed by atoms with van der Waals surface area (Å²) < 4.78 is 5.04. The molecule has 1 aromatic heterocycles. The van der Waals surface area contributed by atoms with Crippen LogP contribution >= 0.6 is 47.2 Å². The predicted octanol–water partition coefficient (Wildman–Crippen LogP) is 4.25. The molecule has 148 valence electrons. The average molecular weight is 525 g/mol. The van der Waals surface area contributed by atoms with Gasteiger partial charge in [0.1, 0.15) is 0 Å². The van der Waals surface area contributed by atoms with Crippen LogP contribution in [0.4, 0.5) is 0 Å². The fourth-order valence-corrected chi connectivity index (χ4v) is 2.86. The molecule has 0 spiro atoms. The van der Waals surface area contributed by atoms with Crippen molar-refractivity contribution in [1.82, 2.24) is 16.0 Å². The number of nitrogens with zero attached hydrogens (tertiary/aromatic N) is 1. The van der Waals surface area contributed by atoms with Crippen LogP contribution in [0, 0.1) is 0 Å². The van der Waals surface area contributed by atoms with E-state index in [1.807, 2.05) is 19.9 Å². The zero-order valence-electron chi connectivity index (χ0n) is 15.1. The Labute approximate surface area is 186 Å². The Morgan fingerprint density at radius 1 is 1.26 bits per heavy atom. The molecule has 0 aliphatic carbocycles. The molecule has 9 heteroatoms. The van der Waals surface area contributed by atoms with E-state index in [2.05, 4.69) is 20.9 Å². The minimum atomic E-state index is -0.260. The second-order valence-electron chi connectivity index (χ2n) is 5.53. The van der Waals surface area contributed by atoms with Gasteiger partial charge in [0.2, 0.25) is 0 Å². The number of rotatable bonds is 7.